The number of aryl methyl sites for hydroxylation is 1. The number of carbonyl (C=O) groups is 2. The van der Waals surface area contributed by atoms with Crippen molar-refractivity contribution in [1.82, 2.24) is 4.98 Å². The molecule has 15 heavy (non-hydrogen) atoms. The van der Waals surface area contributed by atoms with Crippen molar-refractivity contribution in [2.45, 2.75) is 20.3 Å². The van der Waals surface area contributed by atoms with Crippen molar-refractivity contribution in [3.8, 4) is 0 Å². The molecule has 1 heterocycles. The van der Waals surface area contributed by atoms with Crippen molar-refractivity contribution in [2.75, 3.05) is 10.6 Å². The first-order valence-corrected chi connectivity index (χ1v) is 4.64. The Kier molecular flexibility index (Phi) is 3.79. The van der Waals surface area contributed by atoms with Gasteiger partial charge in [-0.25, -0.2) is 0 Å². The van der Waals surface area contributed by atoms with Gasteiger partial charge in [0, 0.05) is 6.42 Å². The minimum absolute atomic E-state index is 0.0855. The Bertz CT molecular complexity index is 377. The van der Waals surface area contributed by atoms with E-state index in [9.17, 15) is 9.59 Å². The van der Waals surface area contributed by atoms with Gasteiger partial charge in [-0.1, -0.05) is 6.92 Å². The molecule has 0 bridgehead atoms. The molecule has 2 amide bonds. The molecule has 0 saturated heterocycles. The zero-order chi connectivity index (χ0) is 11.3. The van der Waals surface area contributed by atoms with Crippen LogP contribution in [0.15, 0.2) is 12.3 Å². The molecule has 0 aliphatic carbocycles. The fourth-order valence-corrected chi connectivity index (χ4v) is 1.06. The summed E-state index contributed by atoms with van der Waals surface area (Å²) in [6, 6.07) is 1.67. The fraction of sp³-hybridized carbons (Fsp3) is 0.300. The second kappa shape index (κ2) is 5.09. The van der Waals surface area contributed by atoms with E-state index in [1.54, 1.807) is 26.1 Å². The number of amides is 2. The summed E-state index contributed by atoms with van der Waals surface area (Å²) in [6.07, 6.45) is 2.54. The molecule has 1 aromatic rings. The van der Waals surface area contributed by atoms with Gasteiger partial charge >= 0.3 is 0 Å². The number of aromatic nitrogens is 1. The topological polar surface area (TPSA) is 71.1 Å². The Balaban J connectivity index is 2.86. The molecule has 2 N–H and O–H groups in total. The van der Waals surface area contributed by atoms with Gasteiger partial charge in [-0.2, -0.15) is 0 Å². The van der Waals surface area contributed by atoms with Gasteiger partial charge in [-0.05, 0) is 13.0 Å². The third-order valence-electron chi connectivity index (χ3n) is 1.91. The predicted molar refractivity (Wildman–Crippen MR) is 57.6 cm³/mol. The quantitative estimate of drug-likeness (QED) is 0.731. The lowest BCUT2D eigenvalue weighted by molar-refractivity contribution is -0.115. The Morgan fingerprint density at radius 2 is 2.33 bits per heavy atom. The normalized spacial score (nSPS) is 9.47. The lowest BCUT2D eigenvalue weighted by Crippen LogP contribution is -2.10. The van der Waals surface area contributed by atoms with Crippen LogP contribution in [0.4, 0.5) is 11.4 Å². The Labute approximate surface area is 87.9 Å². The first-order valence-electron chi connectivity index (χ1n) is 4.64. The lowest BCUT2D eigenvalue weighted by atomic mass is 10.3. The molecule has 0 spiro atoms. The van der Waals surface area contributed by atoms with Gasteiger partial charge in [-0.15, -0.1) is 0 Å². The Hall–Kier alpha value is -1.91. The van der Waals surface area contributed by atoms with Crippen molar-refractivity contribution >= 4 is 23.7 Å². The maximum absolute atomic E-state index is 11.1. The smallest absolute Gasteiger partial charge is 0.224 e. The third kappa shape index (κ3) is 3.05. The van der Waals surface area contributed by atoms with Gasteiger partial charge in [0.15, 0.2) is 0 Å². The highest BCUT2D eigenvalue weighted by Crippen LogP contribution is 2.16. The van der Waals surface area contributed by atoms with Crippen molar-refractivity contribution < 1.29 is 9.59 Å². The van der Waals surface area contributed by atoms with Crippen LogP contribution in [-0.4, -0.2) is 17.3 Å². The largest absolute Gasteiger partial charge is 0.327 e. The maximum atomic E-state index is 11.1. The summed E-state index contributed by atoms with van der Waals surface area (Å²) >= 11 is 0. The van der Waals surface area contributed by atoms with E-state index >= 15 is 0 Å². The summed E-state index contributed by atoms with van der Waals surface area (Å²) in [5.41, 5.74) is 1.88. The van der Waals surface area contributed by atoms with Crippen LogP contribution in [0.25, 0.3) is 0 Å². The molecule has 0 fully saturated rings. The SMILES string of the molecule is CCC(=O)Nc1cnc(C)c(NC=O)c1. The van der Waals surface area contributed by atoms with E-state index in [0.29, 0.717) is 29.9 Å². The lowest BCUT2D eigenvalue weighted by Gasteiger charge is -2.07. The van der Waals surface area contributed by atoms with Crippen LogP contribution >= 0.6 is 0 Å². The van der Waals surface area contributed by atoms with Gasteiger partial charge in [0.25, 0.3) is 0 Å². The van der Waals surface area contributed by atoms with Gasteiger partial charge in [-0.3, -0.25) is 14.6 Å². The molecule has 5 heteroatoms. The molecule has 0 atom stereocenters. The molecule has 5 nitrogen and oxygen atoms in total. The third-order valence-corrected chi connectivity index (χ3v) is 1.91. The van der Waals surface area contributed by atoms with E-state index in [1.165, 1.54) is 0 Å². The monoisotopic (exact) mass is 207 g/mol. The molecule has 0 unspecified atom stereocenters. The number of pyridine rings is 1. The maximum Gasteiger partial charge on any atom is 0.224 e. The summed E-state index contributed by atoms with van der Waals surface area (Å²) in [5, 5.41) is 5.17. The molecule has 1 aromatic heterocycles. The van der Waals surface area contributed by atoms with Gasteiger partial charge in [0.1, 0.15) is 0 Å². The zero-order valence-electron chi connectivity index (χ0n) is 8.70. The first-order chi connectivity index (χ1) is 7.17. The number of hydrogen-bond donors (Lipinski definition) is 2. The highest BCUT2D eigenvalue weighted by Gasteiger charge is 2.03. The standard InChI is InChI=1S/C10H13N3O2/c1-3-10(15)13-8-4-9(12-6-14)7(2)11-5-8/h4-6H,3H2,1-2H3,(H,12,14)(H,13,15). The highest BCUT2D eigenvalue weighted by molar-refractivity contribution is 5.91. The molecule has 0 aromatic carbocycles. The first kappa shape index (κ1) is 11.2. The molecule has 0 radical (unpaired) electrons. The van der Waals surface area contributed by atoms with Crippen LogP contribution in [0.3, 0.4) is 0 Å². The van der Waals surface area contributed by atoms with Crippen molar-refractivity contribution in [3.63, 3.8) is 0 Å². The second-order valence-corrected chi connectivity index (χ2v) is 3.02. The number of rotatable bonds is 4. The number of nitrogens with one attached hydrogen (secondary N) is 2. The molecular formula is C10H13N3O2. The van der Waals surface area contributed by atoms with Crippen LogP contribution in [0.1, 0.15) is 19.0 Å². The summed E-state index contributed by atoms with van der Waals surface area (Å²) in [4.78, 5) is 25.4. The predicted octanol–water partition coefficient (Wildman–Crippen LogP) is 1.31. The van der Waals surface area contributed by atoms with E-state index in [2.05, 4.69) is 15.6 Å². The van der Waals surface area contributed by atoms with Crippen molar-refractivity contribution in [2.24, 2.45) is 0 Å². The van der Waals surface area contributed by atoms with Crippen molar-refractivity contribution in [1.29, 1.82) is 0 Å². The Morgan fingerprint density at radius 1 is 1.60 bits per heavy atom. The van der Waals surface area contributed by atoms with Crippen LogP contribution < -0.4 is 10.6 Å². The van der Waals surface area contributed by atoms with E-state index in [1.807, 2.05) is 0 Å². The fourth-order valence-electron chi connectivity index (χ4n) is 1.06. The molecule has 0 saturated carbocycles. The summed E-state index contributed by atoms with van der Waals surface area (Å²) < 4.78 is 0. The zero-order valence-corrected chi connectivity index (χ0v) is 8.70. The minimum atomic E-state index is -0.0855. The summed E-state index contributed by atoms with van der Waals surface area (Å²) in [6.45, 7) is 3.54. The number of anilines is 2. The van der Waals surface area contributed by atoms with Crippen LogP contribution in [0, 0.1) is 6.92 Å². The highest BCUT2D eigenvalue weighted by atomic mass is 16.1. The van der Waals surface area contributed by atoms with Gasteiger partial charge < -0.3 is 10.6 Å². The number of carbonyl (C=O) groups excluding carboxylic acids is 2. The number of nitrogens with zero attached hydrogens (tertiary/aromatic N) is 1. The summed E-state index contributed by atoms with van der Waals surface area (Å²) in [7, 11) is 0. The molecule has 1 rings (SSSR count). The van der Waals surface area contributed by atoms with E-state index < -0.39 is 0 Å². The number of hydrogen-bond acceptors (Lipinski definition) is 3. The van der Waals surface area contributed by atoms with E-state index in [0.717, 1.165) is 0 Å². The molecule has 80 valence electrons. The minimum Gasteiger partial charge on any atom is -0.327 e. The average Bonchev–Trinajstić information content (AvgIpc) is 2.23. The van der Waals surface area contributed by atoms with Gasteiger partial charge in [0.05, 0.1) is 23.3 Å². The van der Waals surface area contributed by atoms with E-state index in [-0.39, 0.29) is 5.91 Å². The second-order valence-electron chi connectivity index (χ2n) is 3.02. The summed E-state index contributed by atoms with van der Waals surface area (Å²) in [5.74, 6) is -0.0855. The van der Waals surface area contributed by atoms with Crippen LogP contribution in [0.5, 0.6) is 0 Å². The molecular weight excluding hydrogens is 194 g/mol. The van der Waals surface area contributed by atoms with E-state index in [4.69, 9.17) is 0 Å². The Morgan fingerprint density at radius 3 is 2.93 bits per heavy atom. The molecule has 0 aliphatic heterocycles. The molecule has 0 aliphatic rings. The average molecular weight is 207 g/mol. The van der Waals surface area contributed by atoms with Crippen LogP contribution in [-0.2, 0) is 9.59 Å². The van der Waals surface area contributed by atoms with Gasteiger partial charge in [0.2, 0.25) is 12.3 Å². The van der Waals surface area contributed by atoms with Crippen molar-refractivity contribution in [3.05, 3.63) is 18.0 Å². The van der Waals surface area contributed by atoms with Crippen LogP contribution in [0.2, 0.25) is 0 Å².